The molecule has 0 aliphatic carbocycles. The van der Waals surface area contributed by atoms with Crippen LogP contribution >= 0.6 is 11.6 Å². The minimum absolute atomic E-state index is 0.0243. The van der Waals surface area contributed by atoms with E-state index in [1.54, 1.807) is 6.07 Å². The predicted octanol–water partition coefficient (Wildman–Crippen LogP) is 4.40. The summed E-state index contributed by atoms with van der Waals surface area (Å²) in [5.74, 6) is -0.209. The largest absolute Gasteiger partial charge is 0.365 e. The van der Waals surface area contributed by atoms with Crippen LogP contribution in [0, 0.1) is 5.82 Å². The van der Waals surface area contributed by atoms with Crippen molar-refractivity contribution in [3.05, 3.63) is 64.4 Å². The van der Waals surface area contributed by atoms with Crippen LogP contribution in [0.1, 0.15) is 24.1 Å². The third-order valence-electron chi connectivity index (χ3n) is 3.70. The zero-order valence-corrected chi connectivity index (χ0v) is 13.3. The topological polar surface area (TPSA) is 15.3 Å². The van der Waals surface area contributed by atoms with Crippen LogP contribution in [0.25, 0.3) is 0 Å². The number of benzene rings is 2. The van der Waals surface area contributed by atoms with E-state index in [0.717, 1.165) is 11.1 Å². The van der Waals surface area contributed by atoms with Crippen LogP contribution in [-0.4, -0.2) is 14.1 Å². The van der Waals surface area contributed by atoms with E-state index in [4.69, 9.17) is 11.6 Å². The molecule has 4 heteroatoms. The Morgan fingerprint density at radius 2 is 1.95 bits per heavy atom. The Kier molecular flexibility index (Phi) is 5.21. The summed E-state index contributed by atoms with van der Waals surface area (Å²) in [6.45, 7) is 2.67. The average molecular weight is 307 g/mol. The van der Waals surface area contributed by atoms with Crippen molar-refractivity contribution in [1.29, 1.82) is 0 Å². The summed E-state index contributed by atoms with van der Waals surface area (Å²) < 4.78 is 14.3. The van der Waals surface area contributed by atoms with Crippen LogP contribution in [-0.2, 0) is 6.54 Å². The van der Waals surface area contributed by atoms with Crippen molar-refractivity contribution < 1.29 is 4.39 Å². The van der Waals surface area contributed by atoms with Gasteiger partial charge in [0.25, 0.3) is 0 Å². The molecule has 0 bridgehead atoms. The van der Waals surface area contributed by atoms with Gasteiger partial charge in [-0.2, -0.15) is 0 Å². The molecule has 2 nitrogen and oxygen atoms in total. The van der Waals surface area contributed by atoms with Crippen molar-refractivity contribution in [3.63, 3.8) is 0 Å². The molecule has 21 heavy (non-hydrogen) atoms. The first-order valence-corrected chi connectivity index (χ1v) is 7.32. The van der Waals surface area contributed by atoms with Crippen LogP contribution in [0.5, 0.6) is 0 Å². The van der Waals surface area contributed by atoms with Crippen LogP contribution in [0.3, 0.4) is 0 Å². The van der Waals surface area contributed by atoms with Crippen LogP contribution in [0.15, 0.2) is 42.5 Å². The van der Waals surface area contributed by atoms with E-state index in [2.05, 4.69) is 5.32 Å². The molecule has 1 atom stereocenters. The molecule has 0 aromatic heterocycles. The van der Waals surface area contributed by atoms with E-state index in [0.29, 0.717) is 17.3 Å². The molecule has 0 radical (unpaired) electrons. The molecule has 0 amide bonds. The summed E-state index contributed by atoms with van der Waals surface area (Å²) in [7, 11) is 3.76. The normalized spacial score (nSPS) is 12.2. The smallest absolute Gasteiger partial charge is 0.146 e. The minimum Gasteiger partial charge on any atom is -0.365 e. The molecule has 1 N–H and O–H groups in total. The molecule has 2 aromatic carbocycles. The lowest BCUT2D eigenvalue weighted by atomic mass is 10.0. The molecular weight excluding hydrogens is 287 g/mol. The maximum Gasteiger partial charge on any atom is 0.146 e. The molecule has 0 aliphatic heterocycles. The monoisotopic (exact) mass is 306 g/mol. The Labute approximate surface area is 130 Å². The van der Waals surface area contributed by atoms with Gasteiger partial charge < -0.3 is 10.2 Å². The Balaban J connectivity index is 2.37. The van der Waals surface area contributed by atoms with Gasteiger partial charge in [-0.05, 0) is 43.3 Å². The van der Waals surface area contributed by atoms with Crippen LogP contribution < -0.4 is 10.2 Å². The van der Waals surface area contributed by atoms with Gasteiger partial charge in [-0.1, -0.05) is 35.9 Å². The van der Waals surface area contributed by atoms with E-state index in [9.17, 15) is 4.39 Å². The van der Waals surface area contributed by atoms with Crippen molar-refractivity contribution >= 4 is 17.3 Å². The van der Waals surface area contributed by atoms with E-state index in [-0.39, 0.29) is 11.9 Å². The predicted molar refractivity (Wildman–Crippen MR) is 87.4 cm³/mol. The summed E-state index contributed by atoms with van der Waals surface area (Å²) in [4.78, 5) is 1.95. The second kappa shape index (κ2) is 6.92. The highest BCUT2D eigenvalue weighted by atomic mass is 35.5. The Hall–Kier alpha value is -1.58. The lowest BCUT2D eigenvalue weighted by Gasteiger charge is -2.30. The van der Waals surface area contributed by atoms with Crippen molar-refractivity contribution in [1.82, 2.24) is 5.32 Å². The minimum atomic E-state index is -0.209. The standard InChI is InChI=1S/C17H20ClFN2/c1-12(13-6-4-8-15(18)10-13)21(3)17-14(11-20-2)7-5-9-16(17)19/h4-10,12,20H,11H2,1-3H3. The summed E-state index contributed by atoms with van der Waals surface area (Å²) in [5, 5.41) is 3.77. The van der Waals surface area contributed by atoms with Crippen molar-refractivity contribution in [2.45, 2.75) is 19.5 Å². The highest BCUT2D eigenvalue weighted by molar-refractivity contribution is 6.30. The summed E-state index contributed by atoms with van der Waals surface area (Å²) >= 11 is 6.05. The van der Waals surface area contributed by atoms with Gasteiger partial charge in [0.2, 0.25) is 0 Å². The van der Waals surface area contributed by atoms with Gasteiger partial charge in [-0.15, -0.1) is 0 Å². The molecule has 2 rings (SSSR count). The molecule has 0 saturated carbocycles. The SMILES string of the molecule is CNCc1cccc(F)c1N(C)C(C)c1cccc(Cl)c1. The zero-order valence-electron chi connectivity index (χ0n) is 12.5. The highest BCUT2D eigenvalue weighted by Gasteiger charge is 2.18. The number of anilines is 1. The Morgan fingerprint density at radius 3 is 2.62 bits per heavy atom. The van der Waals surface area contributed by atoms with Gasteiger partial charge in [-0.25, -0.2) is 4.39 Å². The Bertz CT molecular complexity index is 615. The Morgan fingerprint density at radius 1 is 1.24 bits per heavy atom. The van der Waals surface area contributed by atoms with Gasteiger partial charge in [0.05, 0.1) is 11.7 Å². The lowest BCUT2D eigenvalue weighted by molar-refractivity contribution is 0.606. The van der Waals surface area contributed by atoms with Crippen molar-refractivity contribution in [3.8, 4) is 0 Å². The maximum atomic E-state index is 14.3. The van der Waals surface area contributed by atoms with Crippen molar-refractivity contribution in [2.75, 3.05) is 19.0 Å². The average Bonchev–Trinajstić information content (AvgIpc) is 2.46. The lowest BCUT2D eigenvalue weighted by Crippen LogP contribution is -2.25. The number of rotatable bonds is 5. The molecule has 112 valence electrons. The third-order valence-corrected chi connectivity index (χ3v) is 3.94. The number of hydrogen-bond donors (Lipinski definition) is 1. The van der Waals surface area contributed by atoms with Gasteiger partial charge in [0, 0.05) is 18.6 Å². The second-order valence-corrected chi connectivity index (χ2v) is 5.56. The number of halogens is 2. The first-order chi connectivity index (χ1) is 10.0. The molecular formula is C17H20ClFN2. The zero-order chi connectivity index (χ0) is 15.4. The molecule has 1 unspecified atom stereocenters. The fourth-order valence-corrected chi connectivity index (χ4v) is 2.67. The highest BCUT2D eigenvalue weighted by Crippen LogP contribution is 2.31. The fourth-order valence-electron chi connectivity index (χ4n) is 2.47. The molecule has 0 fully saturated rings. The molecule has 0 aliphatic rings. The summed E-state index contributed by atoms with van der Waals surface area (Å²) in [6, 6.07) is 12.9. The van der Waals surface area contributed by atoms with E-state index < -0.39 is 0 Å². The first kappa shape index (κ1) is 15.8. The second-order valence-electron chi connectivity index (χ2n) is 5.12. The molecule has 0 heterocycles. The fraction of sp³-hybridized carbons (Fsp3) is 0.294. The van der Waals surface area contributed by atoms with E-state index >= 15 is 0 Å². The molecule has 0 spiro atoms. The number of hydrogen-bond acceptors (Lipinski definition) is 2. The quantitative estimate of drug-likeness (QED) is 0.881. The van der Waals surface area contributed by atoms with E-state index in [1.165, 1.54) is 6.07 Å². The van der Waals surface area contributed by atoms with Gasteiger partial charge in [0.15, 0.2) is 0 Å². The number of nitrogens with zero attached hydrogens (tertiary/aromatic N) is 1. The third kappa shape index (κ3) is 3.55. The number of para-hydroxylation sites is 1. The van der Waals surface area contributed by atoms with Crippen molar-refractivity contribution in [2.24, 2.45) is 0 Å². The van der Waals surface area contributed by atoms with Gasteiger partial charge in [-0.3, -0.25) is 0 Å². The first-order valence-electron chi connectivity index (χ1n) is 6.95. The van der Waals surface area contributed by atoms with Gasteiger partial charge in [0.1, 0.15) is 5.82 Å². The number of nitrogens with one attached hydrogen (secondary N) is 1. The summed E-state index contributed by atoms with van der Waals surface area (Å²) in [6.07, 6.45) is 0. The maximum absolute atomic E-state index is 14.3. The molecule has 2 aromatic rings. The van der Waals surface area contributed by atoms with Gasteiger partial charge >= 0.3 is 0 Å². The molecule has 0 saturated heterocycles. The van der Waals surface area contributed by atoms with Crippen LogP contribution in [0.4, 0.5) is 10.1 Å². The van der Waals surface area contributed by atoms with E-state index in [1.807, 2.05) is 56.3 Å². The summed E-state index contributed by atoms with van der Waals surface area (Å²) in [5.41, 5.74) is 2.62. The van der Waals surface area contributed by atoms with Crippen LogP contribution in [0.2, 0.25) is 5.02 Å².